The lowest BCUT2D eigenvalue weighted by molar-refractivity contribution is 0.205. The van der Waals surface area contributed by atoms with Crippen LogP contribution in [0.5, 0.6) is 0 Å². The summed E-state index contributed by atoms with van der Waals surface area (Å²) >= 11 is 0. The molecule has 2 aromatic carbocycles. The fourth-order valence-electron chi connectivity index (χ4n) is 3.33. The summed E-state index contributed by atoms with van der Waals surface area (Å²) in [5, 5.41) is 2.23. The maximum Gasteiger partial charge on any atom is 0.317 e. The van der Waals surface area contributed by atoms with Gasteiger partial charge < -0.3 is 10.2 Å². The number of nitrogens with one attached hydrogen (secondary N) is 1. The van der Waals surface area contributed by atoms with Gasteiger partial charge in [0.2, 0.25) is 0 Å². The van der Waals surface area contributed by atoms with E-state index in [1.54, 1.807) is 49.4 Å². The molecule has 29 heavy (non-hydrogen) atoms. The minimum Gasteiger partial charge on any atom is -0.331 e. The van der Waals surface area contributed by atoms with Crippen molar-refractivity contribution in [3.63, 3.8) is 0 Å². The number of carbonyl (C=O) groups excluding carboxylic acids is 1. The van der Waals surface area contributed by atoms with Gasteiger partial charge in [-0.1, -0.05) is 30.3 Å². The first kappa shape index (κ1) is 21.3. The summed E-state index contributed by atoms with van der Waals surface area (Å²) in [6.07, 6.45) is 1.53. The van der Waals surface area contributed by atoms with E-state index < -0.39 is 24.9 Å². The third kappa shape index (κ3) is 4.79. The molecule has 1 aliphatic rings. The first-order chi connectivity index (χ1) is 13.6. The Balaban J connectivity index is 1.63. The minimum atomic E-state index is -3.48. The van der Waals surface area contributed by atoms with Crippen LogP contribution in [0.2, 0.25) is 0 Å². The van der Waals surface area contributed by atoms with Crippen LogP contribution in [0.15, 0.2) is 64.4 Å². The molecule has 0 bridgehead atoms. The third-order valence-corrected chi connectivity index (χ3v) is 8.41. The van der Waals surface area contributed by atoms with E-state index in [0.717, 1.165) is 11.8 Å². The fourth-order valence-corrected chi connectivity index (χ4v) is 5.68. The number of benzene rings is 2. The number of sulfone groups is 2. The summed E-state index contributed by atoms with van der Waals surface area (Å²) in [4.78, 5) is 14.6. The highest BCUT2D eigenvalue weighted by Crippen LogP contribution is 2.24. The fraction of sp³-hybridized carbons (Fsp3) is 0.350. The summed E-state index contributed by atoms with van der Waals surface area (Å²) in [5.41, 5.74) is 0.762. The molecule has 1 saturated heterocycles. The molecule has 1 aliphatic heterocycles. The Hall–Kier alpha value is -2.39. The lowest BCUT2D eigenvalue weighted by Gasteiger charge is -2.21. The lowest BCUT2D eigenvalue weighted by atomic mass is 10.1. The van der Waals surface area contributed by atoms with Gasteiger partial charge in [0.25, 0.3) is 0 Å². The number of rotatable bonds is 5. The zero-order valence-corrected chi connectivity index (χ0v) is 17.9. The van der Waals surface area contributed by atoms with Gasteiger partial charge in [-0.05, 0) is 43.2 Å². The van der Waals surface area contributed by atoms with Crippen molar-refractivity contribution in [2.75, 3.05) is 19.3 Å². The standard InChI is InChI=1S/C20H24N2O5S2/c1-15(16-8-10-17(11-9-16)28(2,24)25)21-20(23)22-13-12-19(14-22)29(26,27)18-6-4-3-5-7-18/h3-11,15,19H,12-14H2,1-2H3,(H,21,23). The molecule has 0 radical (unpaired) electrons. The normalized spacial score (nSPS) is 18.4. The summed E-state index contributed by atoms with van der Waals surface area (Å²) in [6, 6.07) is 13.9. The average molecular weight is 437 g/mol. The van der Waals surface area contributed by atoms with E-state index >= 15 is 0 Å². The van der Waals surface area contributed by atoms with E-state index in [-0.39, 0.29) is 28.4 Å². The topological polar surface area (TPSA) is 101 Å². The molecule has 3 rings (SSSR count). The Morgan fingerprint density at radius 1 is 1.00 bits per heavy atom. The summed E-state index contributed by atoms with van der Waals surface area (Å²) < 4.78 is 48.6. The number of carbonyl (C=O) groups is 1. The Bertz CT molecular complexity index is 1080. The largest absolute Gasteiger partial charge is 0.331 e. The van der Waals surface area contributed by atoms with Crippen molar-refractivity contribution < 1.29 is 21.6 Å². The summed E-state index contributed by atoms with van der Waals surface area (Å²) in [6.45, 7) is 2.30. The predicted molar refractivity (Wildman–Crippen MR) is 110 cm³/mol. The van der Waals surface area contributed by atoms with Gasteiger partial charge >= 0.3 is 6.03 Å². The zero-order chi connectivity index (χ0) is 21.2. The Kier molecular flexibility index (Phi) is 6.00. The zero-order valence-electron chi connectivity index (χ0n) is 16.3. The molecule has 156 valence electrons. The molecule has 2 amide bonds. The van der Waals surface area contributed by atoms with Crippen LogP contribution in [-0.4, -0.2) is 52.4 Å². The molecule has 1 fully saturated rings. The first-order valence-electron chi connectivity index (χ1n) is 9.23. The molecule has 0 aliphatic carbocycles. The average Bonchev–Trinajstić information content (AvgIpc) is 3.19. The van der Waals surface area contributed by atoms with Crippen LogP contribution in [0.25, 0.3) is 0 Å². The van der Waals surface area contributed by atoms with Crippen molar-refractivity contribution in [1.82, 2.24) is 10.2 Å². The first-order valence-corrected chi connectivity index (χ1v) is 12.7. The summed E-state index contributed by atoms with van der Waals surface area (Å²) in [7, 11) is -6.76. The number of amides is 2. The predicted octanol–water partition coefficient (Wildman–Crippen LogP) is 2.41. The Morgan fingerprint density at radius 2 is 1.62 bits per heavy atom. The number of hydrogen-bond acceptors (Lipinski definition) is 5. The molecule has 2 unspecified atom stereocenters. The highest BCUT2D eigenvalue weighted by atomic mass is 32.2. The number of likely N-dealkylation sites (tertiary alicyclic amines) is 1. The highest BCUT2D eigenvalue weighted by molar-refractivity contribution is 7.92. The molecule has 7 nitrogen and oxygen atoms in total. The van der Waals surface area contributed by atoms with Crippen LogP contribution in [0.3, 0.4) is 0 Å². The van der Waals surface area contributed by atoms with E-state index in [1.807, 2.05) is 0 Å². The molecule has 1 N–H and O–H groups in total. The van der Waals surface area contributed by atoms with Crippen molar-refractivity contribution in [2.24, 2.45) is 0 Å². The third-order valence-electron chi connectivity index (χ3n) is 5.09. The molecular formula is C20H24N2O5S2. The van der Waals surface area contributed by atoms with Gasteiger partial charge in [0.15, 0.2) is 19.7 Å². The SMILES string of the molecule is CC(NC(=O)N1CCC(S(=O)(=O)c2ccccc2)C1)c1ccc(S(C)(=O)=O)cc1. The molecule has 0 spiro atoms. The summed E-state index contributed by atoms with van der Waals surface area (Å²) in [5.74, 6) is 0. The van der Waals surface area contributed by atoms with Crippen LogP contribution in [0, 0.1) is 0 Å². The van der Waals surface area contributed by atoms with Crippen LogP contribution in [-0.2, 0) is 19.7 Å². The van der Waals surface area contributed by atoms with Crippen LogP contribution in [0.1, 0.15) is 24.9 Å². The molecule has 9 heteroatoms. The minimum absolute atomic E-state index is 0.142. The van der Waals surface area contributed by atoms with Gasteiger partial charge in [0.1, 0.15) is 0 Å². The smallest absolute Gasteiger partial charge is 0.317 e. The van der Waals surface area contributed by atoms with Gasteiger partial charge in [-0.2, -0.15) is 0 Å². The maximum atomic E-state index is 12.8. The lowest BCUT2D eigenvalue weighted by Crippen LogP contribution is -2.40. The van der Waals surface area contributed by atoms with Crippen molar-refractivity contribution in [2.45, 2.75) is 34.4 Å². The van der Waals surface area contributed by atoms with E-state index in [4.69, 9.17) is 0 Å². The van der Waals surface area contributed by atoms with E-state index in [2.05, 4.69) is 5.32 Å². The number of urea groups is 1. The number of hydrogen-bond donors (Lipinski definition) is 1. The monoisotopic (exact) mass is 436 g/mol. The maximum absolute atomic E-state index is 12.8. The number of nitrogens with zero attached hydrogens (tertiary/aromatic N) is 1. The van der Waals surface area contributed by atoms with Gasteiger partial charge in [0, 0.05) is 19.3 Å². The van der Waals surface area contributed by atoms with E-state index in [0.29, 0.717) is 13.0 Å². The van der Waals surface area contributed by atoms with Crippen molar-refractivity contribution >= 4 is 25.7 Å². The van der Waals surface area contributed by atoms with Crippen molar-refractivity contribution in [3.8, 4) is 0 Å². The van der Waals surface area contributed by atoms with Gasteiger partial charge in [-0.25, -0.2) is 21.6 Å². The van der Waals surface area contributed by atoms with Crippen molar-refractivity contribution in [1.29, 1.82) is 0 Å². The second-order valence-corrected chi connectivity index (χ2v) is 11.5. The molecule has 0 aromatic heterocycles. The van der Waals surface area contributed by atoms with Crippen LogP contribution in [0.4, 0.5) is 4.79 Å². The van der Waals surface area contributed by atoms with Crippen LogP contribution < -0.4 is 5.32 Å². The molecule has 2 atom stereocenters. The van der Waals surface area contributed by atoms with E-state index in [1.165, 1.54) is 17.0 Å². The van der Waals surface area contributed by atoms with Gasteiger partial charge in [-0.15, -0.1) is 0 Å². The Morgan fingerprint density at radius 3 is 2.21 bits per heavy atom. The van der Waals surface area contributed by atoms with Gasteiger partial charge in [0.05, 0.1) is 21.1 Å². The molecule has 1 heterocycles. The van der Waals surface area contributed by atoms with Crippen molar-refractivity contribution in [3.05, 3.63) is 60.2 Å². The quantitative estimate of drug-likeness (QED) is 0.776. The second kappa shape index (κ2) is 8.16. The second-order valence-electron chi connectivity index (χ2n) is 7.23. The molecule has 0 saturated carbocycles. The molecule has 2 aromatic rings. The van der Waals surface area contributed by atoms with Crippen LogP contribution >= 0.6 is 0 Å². The van der Waals surface area contributed by atoms with E-state index in [9.17, 15) is 21.6 Å². The van der Waals surface area contributed by atoms with Gasteiger partial charge in [-0.3, -0.25) is 0 Å². The Labute approximate surface area is 171 Å². The molecular weight excluding hydrogens is 412 g/mol. The highest BCUT2D eigenvalue weighted by Gasteiger charge is 2.36.